The van der Waals surface area contributed by atoms with Crippen LogP contribution in [0.25, 0.3) is 0 Å². The van der Waals surface area contributed by atoms with Gasteiger partial charge in [-0.1, -0.05) is 0 Å². The van der Waals surface area contributed by atoms with E-state index >= 15 is 0 Å². The molecule has 0 spiro atoms. The van der Waals surface area contributed by atoms with E-state index in [1.54, 1.807) is 0 Å². The summed E-state index contributed by atoms with van der Waals surface area (Å²) >= 11 is 4.40. The van der Waals surface area contributed by atoms with E-state index < -0.39 is 0 Å². The maximum absolute atomic E-state index is 7.50. The summed E-state index contributed by atoms with van der Waals surface area (Å²) in [6.07, 6.45) is 10.0. The van der Waals surface area contributed by atoms with E-state index in [-0.39, 0.29) is 0 Å². The third-order valence-electron chi connectivity index (χ3n) is 0.556. The summed E-state index contributed by atoms with van der Waals surface area (Å²) in [5.74, 6) is 0. The zero-order valence-electron chi connectivity index (χ0n) is 5.43. The molecule has 0 aliphatic heterocycles. The van der Waals surface area contributed by atoms with Crippen LogP contribution in [0.1, 0.15) is 0 Å². The molecule has 4 heteroatoms. The van der Waals surface area contributed by atoms with Crippen LogP contribution < -0.4 is 0 Å². The van der Waals surface area contributed by atoms with Gasteiger partial charge in [0.1, 0.15) is 0 Å². The molecule has 2 nitrogen and oxygen atoms in total. The molecule has 0 amide bonds. The van der Waals surface area contributed by atoms with Gasteiger partial charge in [0.25, 0.3) is 0 Å². The van der Waals surface area contributed by atoms with E-state index in [1.165, 1.54) is 0 Å². The third kappa shape index (κ3) is 24.8. The molecular formula is C7H5IO2Ru+. The van der Waals surface area contributed by atoms with Crippen molar-refractivity contribution in [2.45, 2.75) is 0 Å². The Bertz CT molecular complexity index is 65.4. The molecule has 0 atom stereocenters. The van der Waals surface area contributed by atoms with Gasteiger partial charge in [0.05, 0.1) is 0 Å². The number of halogens is 1. The van der Waals surface area contributed by atoms with Crippen molar-refractivity contribution in [3.8, 4) is 0 Å². The molecule has 0 N–H and O–H groups in total. The van der Waals surface area contributed by atoms with E-state index in [1.807, 2.05) is 32.1 Å². The summed E-state index contributed by atoms with van der Waals surface area (Å²) < 4.78 is 15.0. The summed E-state index contributed by atoms with van der Waals surface area (Å²) in [6, 6.07) is 0. The van der Waals surface area contributed by atoms with Crippen LogP contribution >= 0.6 is 19.8 Å². The Labute approximate surface area is 88.8 Å². The molecule has 59 valence electrons. The molecule has 0 unspecified atom stereocenters. The van der Waals surface area contributed by atoms with Gasteiger partial charge in [-0.2, -0.15) is 0 Å². The molecule has 1 aliphatic carbocycles. The summed E-state index contributed by atoms with van der Waals surface area (Å²) in [6.45, 7) is 9.00. The van der Waals surface area contributed by atoms with Crippen LogP contribution in [0.3, 0.4) is 0 Å². The Balaban J connectivity index is -0.0000000933. The number of hydrogen-bond donors (Lipinski definition) is 0. The molecule has 1 fully saturated rings. The van der Waals surface area contributed by atoms with Gasteiger partial charge in [-0.05, 0) is 32.1 Å². The number of hydrogen-bond acceptors (Lipinski definition) is 0. The Morgan fingerprint density at radius 2 is 0.818 bits per heavy atom. The van der Waals surface area contributed by atoms with E-state index in [0.717, 1.165) is 0 Å². The molecular weight excluding hydrogens is 344 g/mol. The average molecular weight is 349 g/mol. The molecule has 5 radical (unpaired) electrons. The second-order valence-electron chi connectivity index (χ2n) is 0.962. The Kier molecular flexibility index (Phi) is 49.8. The fourth-order valence-electron chi connectivity index (χ4n) is 0.321. The van der Waals surface area contributed by atoms with Crippen molar-refractivity contribution in [2.75, 3.05) is 0 Å². The van der Waals surface area contributed by atoms with Gasteiger partial charge >= 0.3 is 57.1 Å². The molecule has 0 heterocycles. The van der Waals surface area contributed by atoms with Gasteiger partial charge in [0.15, 0.2) is 0 Å². The Morgan fingerprint density at radius 3 is 0.909 bits per heavy atom. The van der Waals surface area contributed by atoms with Gasteiger partial charge in [-0.3, -0.25) is 0 Å². The second kappa shape index (κ2) is 30.8. The maximum atomic E-state index is 7.50. The zero-order chi connectivity index (χ0) is 9.54. The quantitative estimate of drug-likeness (QED) is 0.277. The van der Waals surface area contributed by atoms with Crippen LogP contribution in [-0.2, 0) is 24.1 Å². The van der Waals surface area contributed by atoms with Gasteiger partial charge < -0.3 is 0 Å². The molecule has 1 rings (SSSR count). The third-order valence-corrected chi connectivity index (χ3v) is 0.556. The zero-order valence-corrected chi connectivity index (χ0v) is 9.33. The molecule has 0 aromatic carbocycles. The van der Waals surface area contributed by atoms with Crippen LogP contribution in [0.15, 0.2) is 0 Å². The van der Waals surface area contributed by atoms with Crippen LogP contribution in [0.2, 0.25) is 0 Å². The first-order valence-corrected chi connectivity index (χ1v) is 7.38. The van der Waals surface area contributed by atoms with Crippen molar-refractivity contribution in [3.63, 3.8) is 0 Å². The summed E-state index contributed by atoms with van der Waals surface area (Å²) in [5.41, 5.74) is 0. The average Bonchev–Trinajstić information content (AvgIpc) is 2.71. The molecule has 1 saturated carbocycles. The van der Waals surface area contributed by atoms with Crippen molar-refractivity contribution in [1.82, 2.24) is 0 Å². The van der Waals surface area contributed by atoms with E-state index in [4.69, 9.17) is 9.30 Å². The Morgan fingerprint density at radius 1 is 0.727 bits per heavy atom. The predicted molar refractivity (Wildman–Crippen MR) is 43.4 cm³/mol. The van der Waals surface area contributed by atoms with Crippen molar-refractivity contribution >= 4 is 19.8 Å². The first kappa shape index (κ1) is 17.8. The standard InChI is InChI=1S/C5H5.2CO.HI.Ru/c1-2-4-5-3-1;2*1-2;;/h1-5H;;;1H;/q;;;;+2/p-1. The van der Waals surface area contributed by atoms with Crippen molar-refractivity contribution in [2.24, 2.45) is 0 Å². The fraction of sp³-hybridized carbons (Fsp3) is 0. The minimum atomic E-state index is 2.00. The summed E-state index contributed by atoms with van der Waals surface area (Å²) in [5, 5.41) is 0. The van der Waals surface area contributed by atoms with Crippen molar-refractivity contribution in [1.29, 1.82) is 0 Å². The topological polar surface area (TPSA) is 39.8 Å². The van der Waals surface area contributed by atoms with Gasteiger partial charge in [0, 0.05) is 0 Å². The SMILES string of the molecule is [C-]#[O+].[C-]#[O+].[CH]1[CH][CH][CH][CH]1.[Ru+][I]. The molecule has 0 aromatic rings. The van der Waals surface area contributed by atoms with Crippen LogP contribution in [-0.4, -0.2) is 0 Å². The van der Waals surface area contributed by atoms with Gasteiger partial charge in [0.2, 0.25) is 0 Å². The van der Waals surface area contributed by atoms with E-state index in [0.29, 0.717) is 0 Å². The van der Waals surface area contributed by atoms with Gasteiger partial charge in [-0.15, -0.1) is 0 Å². The summed E-state index contributed by atoms with van der Waals surface area (Å²) in [4.78, 5) is 0. The monoisotopic (exact) mass is 350 g/mol. The first-order valence-electron chi connectivity index (χ1n) is 2.21. The fourth-order valence-corrected chi connectivity index (χ4v) is 0.321. The molecule has 0 saturated heterocycles. The molecule has 11 heavy (non-hydrogen) atoms. The van der Waals surface area contributed by atoms with Crippen molar-refractivity contribution < 1.29 is 24.1 Å². The van der Waals surface area contributed by atoms with E-state index in [2.05, 4.69) is 47.8 Å². The minimum absolute atomic E-state index is 2.00. The van der Waals surface area contributed by atoms with Crippen molar-refractivity contribution in [3.05, 3.63) is 45.4 Å². The second-order valence-corrected chi connectivity index (χ2v) is 0.962. The Hall–Kier alpha value is 0.833. The van der Waals surface area contributed by atoms with Crippen LogP contribution in [0.4, 0.5) is 0 Å². The number of rotatable bonds is 0. The first-order chi connectivity index (χ1) is 5.50. The van der Waals surface area contributed by atoms with Crippen LogP contribution in [0, 0.1) is 45.4 Å². The molecule has 0 aromatic heterocycles. The molecule has 0 bridgehead atoms. The molecule has 1 aliphatic rings. The normalized spacial score (nSPS) is 11.8. The summed E-state index contributed by atoms with van der Waals surface area (Å²) in [7, 11) is 0. The predicted octanol–water partition coefficient (Wildman–Crippen LogP) is 1.83. The van der Waals surface area contributed by atoms with Crippen LogP contribution in [0.5, 0.6) is 0 Å². The van der Waals surface area contributed by atoms with Gasteiger partial charge in [-0.25, -0.2) is 0 Å². The van der Waals surface area contributed by atoms with E-state index in [9.17, 15) is 0 Å².